The van der Waals surface area contributed by atoms with Crippen molar-refractivity contribution in [2.45, 2.75) is 42.7 Å². The fraction of sp³-hybridized carbons (Fsp3) is 0.625. The van der Waals surface area contributed by atoms with Crippen LogP contribution in [0.4, 0.5) is 0 Å². The summed E-state index contributed by atoms with van der Waals surface area (Å²) < 4.78 is 32.8. The summed E-state index contributed by atoms with van der Waals surface area (Å²) in [4.78, 5) is 0.410. The monoisotopic (exact) mass is 360 g/mol. The van der Waals surface area contributed by atoms with E-state index in [9.17, 15) is 8.42 Å². The van der Waals surface area contributed by atoms with Gasteiger partial charge in [0.2, 0.25) is 10.0 Å². The van der Waals surface area contributed by atoms with E-state index < -0.39 is 10.0 Å². The summed E-state index contributed by atoms with van der Waals surface area (Å²) in [6.07, 6.45) is 3.65. The van der Waals surface area contributed by atoms with Gasteiger partial charge in [-0.1, -0.05) is 12.1 Å². The predicted molar refractivity (Wildman–Crippen MR) is 92.6 cm³/mol. The molecule has 2 aliphatic heterocycles. The van der Waals surface area contributed by atoms with Crippen LogP contribution in [0.1, 0.15) is 24.8 Å². The van der Waals surface area contributed by atoms with Crippen LogP contribution in [0, 0.1) is 0 Å². The summed E-state index contributed by atoms with van der Waals surface area (Å²) in [6.45, 7) is 2.32. The van der Waals surface area contributed by atoms with Gasteiger partial charge in [-0.15, -0.1) is 12.4 Å². The van der Waals surface area contributed by atoms with Gasteiger partial charge in [-0.3, -0.25) is 0 Å². The minimum absolute atomic E-state index is 0. The van der Waals surface area contributed by atoms with Gasteiger partial charge in [-0.25, -0.2) is 8.42 Å². The van der Waals surface area contributed by atoms with E-state index in [1.165, 1.54) is 0 Å². The number of hydrogen-bond acceptors (Lipinski definition) is 4. The van der Waals surface area contributed by atoms with Gasteiger partial charge in [0.15, 0.2) is 0 Å². The lowest BCUT2D eigenvalue weighted by Crippen LogP contribution is -2.42. The Labute approximate surface area is 144 Å². The summed E-state index contributed by atoms with van der Waals surface area (Å²) in [6, 6.07) is 7.51. The van der Waals surface area contributed by atoms with E-state index >= 15 is 0 Å². The molecule has 23 heavy (non-hydrogen) atoms. The molecule has 0 radical (unpaired) electrons. The highest BCUT2D eigenvalue weighted by atomic mass is 35.5. The van der Waals surface area contributed by atoms with E-state index in [0.717, 1.165) is 44.3 Å². The number of nitrogens with one attached hydrogen (secondary N) is 1. The van der Waals surface area contributed by atoms with E-state index in [2.05, 4.69) is 5.32 Å². The molecule has 7 heteroatoms. The number of halogens is 1. The van der Waals surface area contributed by atoms with Crippen LogP contribution in [0.5, 0.6) is 0 Å². The molecule has 0 aliphatic carbocycles. The van der Waals surface area contributed by atoms with E-state index in [1.807, 2.05) is 12.1 Å². The van der Waals surface area contributed by atoms with Crippen molar-refractivity contribution in [2.24, 2.45) is 0 Å². The zero-order valence-corrected chi connectivity index (χ0v) is 15.0. The van der Waals surface area contributed by atoms with Gasteiger partial charge in [0.05, 0.1) is 11.5 Å². The van der Waals surface area contributed by atoms with Gasteiger partial charge in [0.25, 0.3) is 0 Å². The number of benzene rings is 1. The highest BCUT2D eigenvalue weighted by Crippen LogP contribution is 2.33. The normalized spacial score (nSPS) is 24.9. The van der Waals surface area contributed by atoms with Gasteiger partial charge in [0.1, 0.15) is 0 Å². The minimum Gasteiger partial charge on any atom is -0.384 e. The molecule has 5 nitrogen and oxygen atoms in total. The van der Waals surface area contributed by atoms with Crippen LogP contribution < -0.4 is 5.32 Å². The fourth-order valence-corrected chi connectivity index (χ4v) is 5.40. The summed E-state index contributed by atoms with van der Waals surface area (Å²) in [7, 11) is -1.73. The first-order chi connectivity index (χ1) is 10.6. The van der Waals surface area contributed by atoms with E-state index in [1.54, 1.807) is 23.5 Å². The number of sulfonamides is 1. The Hall–Kier alpha value is -0.660. The van der Waals surface area contributed by atoms with Crippen LogP contribution in [0.2, 0.25) is 0 Å². The Morgan fingerprint density at radius 1 is 1.17 bits per heavy atom. The first-order valence-corrected chi connectivity index (χ1v) is 9.39. The molecular weight excluding hydrogens is 336 g/mol. The molecule has 0 spiro atoms. The molecule has 1 aromatic rings. The second-order valence-corrected chi connectivity index (χ2v) is 7.94. The molecule has 0 amide bonds. The average molecular weight is 361 g/mol. The maximum atomic E-state index is 13.0. The van der Waals surface area contributed by atoms with Gasteiger partial charge < -0.3 is 10.1 Å². The zero-order chi connectivity index (χ0) is 15.6. The van der Waals surface area contributed by atoms with Crippen LogP contribution >= 0.6 is 12.4 Å². The first kappa shape index (κ1) is 18.7. The van der Waals surface area contributed by atoms with Crippen molar-refractivity contribution < 1.29 is 13.2 Å². The number of ether oxygens (including phenoxy) is 1. The van der Waals surface area contributed by atoms with Crippen molar-refractivity contribution in [2.75, 3.05) is 26.8 Å². The fourth-order valence-electron chi connectivity index (χ4n) is 3.50. The van der Waals surface area contributed by atoms with Crippen molar-refractivity contribution in [1.82, 2.24) is 9.62 Å². The Morgan fingerprint density at radius 2 is 1.87 bits per heavy atom. The lowest BCUT2D eigenvalue weighted by atomic mass is 10.1. The molecule has 3 rings (SSSR count). The summed E-state index contributed by atoms with van der Waals surface area (Å²) in [5.41, 5.74) is 1.10. The number of hydrogen-bond donors (Lipinski definition) is 1. The van der Waals surface area contributed by atoms with Crippen molar-refractivity contribution in [3.63, 3.8) is 0 Å². The lowest BCUT2D eigenvalue weighted by Gasteiger charge is -2.27. The van der Waals surface area contributed by atoms with Crippen molar-refractivity contribution in [1.29, 1.82) is 0 Å². The zero-order valence-electron chi connectivity index (χ0n) is 13.4. The highest BCUT2D eigenvalue weighted by molar-refractivity contribution is 7.89. The Bertz CT molecular complexity index is 592. The molecule has 130 valence electrons. The number of methoxy groups -OCH3 is 1. The lowest BCUT2D eigenvalue weighted by molar-refractivity contribution is 0.202. The molecule has 1 N–H and O–H groups in total. The Kier molecular flexibility index (Phi) is 6.45. The van der Waals surface area contributed by atoms with Gasteiger partial charge in [0, 0.05) is 25.7 Å². The standard InChI is InChI=1S/C16H24N2O3S.ClH/c1-21-11-9-13-2-6-16(7-3-13)22(19,20)18-14-4-5-15(18)12-17-10-8-14;/h2-3,6-7,14-15,17H,4-5,8-12H2,1H3;1H. The molecule has 2 unspecified atom stereocenters. The largest absolute Gasteiger partial charge is 0.384 e. The van der Waals surface area contributed by atoms with Gasteiger partial charge >= 0.3 is 0 Å². The second-order valence-electron chi connectivity index (χ2n) is 6.10. The quantitative estimate of drug-likeness (QED) is 0.870. The second kappa shape index (κ2) is 7.94. The maximum Gasteiger partial charge on any atom is 0.243 e. The third-order valence-corrected chi connectivity index (χ3v) is 6.70. The van der Waals surface area contributed by atoms with Gasteiger partial charge in [-0.2, -0.15) is 4.31 Å². The SMILES string of the molecule is COCCc1ccc(S(=O)(=O)N2C3CCNCC2CC3)cc1.Cl. The smallest absolute Gasteiger partial charge is 0.243 e. The van der Waals surface area contributed by atoms with Crippen LogP contribution in [0.25, 0.3) is 0 Å². The van der Waals surface area contributed by atoms with E-state index in [-0.39, 0.29) is 24.5 Å². The van der Waals surface area contributed by atoms with E-state index in [4.69, 9.17) is 4.74 Å². The molecule has 2 saturated heterocycles. The van der Waals surface area contributed by atoms with E-state index in [0.29, 0.717) is 11.5 Å². The molecule has 2 aliphatic rings. The van der Waals surface area contributed by atoms with Gasteiger partial charge in [-0.05, 0) is 49.9 Å². The van der Waals surface area contributed by atoms with Crippen molar-refractivity contribution in [3.05, 3.63) is 29.8 Å². The highest BCUT2D eigenvalue weighted by Gasteiger charge is 2.42. The minimum atomic E-state index is -3.40. The molecule has 1 aromatic carbocycles. The van der Waals surface area contributed by atoms with Crippen molar-refractivity contribution in [3.8, 4) is 0 Å². The molecule has 2 heterocycles. The number of fused-ring (bicyclic) bond motifs is 2. The maximum absolute atomic E-state index is 13.0. The molecule has 2 bridgehead atoms. The molecule has 2 fully saturated rings. The summed E-state index contributed by atoms with van der Waals surface area (Å²) in [5.74, 6) is 0. The third-order valence-electron chi connectivity index (χ3n) is 4.68. The third kappa shape index (κ3) is 3.88. The average Bonchev–Trinajstić information content (AvgIpc) is 2.79. The van der Waals surface area contributed by atoms with Crippen LogP contribution in [0.3, 0.4) is 0 Å². The topological polar surface area (TPSA) is 58.6 Å². The number of nitrogens with zero attached hydrogens (tertiary/aromatic N) is 1. The van der Waals surface area contributed by atoms with Crippen molar-refractivity contribution >= 4 is 22.4 Å². The Balaban J connectivity index is 0.00000192. The molecule has 0 aromatic heterocycles. The Morgan fingerprint density at radius 3 is 2.57 bits per heavy atom. The molecule has 2 atom stereocenters. The molecule has 0 saturated carbocycles. The number of rotatable bonds is 5. The summed E-state index contributed by atoms with van der Waals surface area (Å²) in [5, 5.41) is 3.34. The van der Waals surface area contributed by atoms with Crippen LogP contribution in [0.15, 0.2) is 29.2 Å². The molecular formula is C16H25ClN2O3S. The van der Waals surface area contributed by atoms with Crippen LogP contribution in [-0.4, -0.2) is 51.6 Å². The predicted octanol–water partition coefficient (Wildman–Crippen LogP) is 1.81. The first-order valence-electron chi connectivity index (χ1n) is 7.95. The van der Waals surface area contributed by atoms with Crippen LogP contribution in [-0.2, 0) is 21.2 Å². The summed E-state index contributed by atoms with van der Waals surface area (Å²) >= 11 is 0.